The van der Waals surface area contributed by atoms with Gasteiger partial charge in [0.1, 0.15) is 5.82 Å². The van der Waals surface area contributed by atoms with Gasteiger partial charge in [-0.05, 0) is 57.4 Å². The van der Waals surface area contributed by atoms with Gasteiger partial charge in [0.2, 0.25) is 5.91 Å². The second-order valence-electron chi connectivity index (χ2n) is 9.96. The van der Waals surface area contributed by atoms with Gasteiger partial charge in [0, 0.05) is 44.1 Å². The number of hydrogen-bond donors (Lipinski definition) is 0. The molecule has 5 rings (SSSR count). The minimum Gasteiger partial charge on any atom is -0.338 e. The first-order chi connectivity index (χ1) is 14.7. The number of fused-ring (bicyclic) bond motifs is 2. The van der Waals surface area contributed by atoms with Crippen molar-refractivity contribution in [3.8, 4) is 0 Å². The van der Waals surface area contributed by atoms with E-state index in [2.05, 4.69) is 9.80 Å². The summed E-state index contributed by atoms with van der Waals surface area (Å²) < 4.78 is 1.88. The number of aryl methyl sites for hydroxylation is 1. The highest BCUT2D eigenvalue weighted by Crippen LogP contribution is 2.35. The molecule has 0 bridgehead atoms. The minimum atomic E-state index is 0.114. The zero-order valence-electron chi connectivity index (χ0n) is 18.2. The quantitative estimate of drug-likeness (QED) is 0.766. The Balaban J connectivity index is 1.23. The van der Waals surface area contributed by atoms with Crippen molar-refractivity contribution >= 4 is 5.91 Å². The summed E-state index contributed by atoms with van der Waals surface area (Å²) in [4.78, 5) is 35.2. The first-order valence-electron chi connectivity index (χ1n) is 12.3. The van der Waals surface area contributed by atoms with Crippen LogP contribution in [0.4, 0.5) is 0 Å². The number of carbonyl (C=O) groups is 1. The molecule has 3 fully saturated rings. The molecule has 3 atom stereocenters. The van der Waals surface area contributed by atoms with E-state index in [4.69, 9.17) is 4.98 Å². The lowest BCUT2D eigenvalue weighted by Gasteiger charge is -2.44. The van der Waals surface area contributed by atoms with Crippen molar-refractivity contribution in [2.45, 2.75) is 89.1 Å². The molecular formula is C24H36N4O2. The molecule has 1 aliphatic carbocycles. The number of nitrogens with zero attached hydrogens (tertiary/aromatic N) is 4. The van der Waals surface area contributed by atoms with Crippen molar-refractivity contribution in [1.29, 1.82) is 0 Å². The maximum absolute atomic E-state index is 13.2. The Morgan fingerprint density at radius 1 is 0.967 bits per heavy atom. The lowest BCUT2D eigenvalue weighted by atomic mass is 9.78. The third kappa shape index (κ3) is 4.08. The molecule has 3 unspecified atom stereocenters. The van der Waals surface area contributed by atoms with Crippen molar-refractivity contribution < 1.29 is 4.79 Å². The normalized spacial score (nSPS) is 29.9. The Bertz CT molecular complexity index is 833. The molecule has 1 aromatic heterocycles. The van der Waals surface area contributed by atoms with E-state index in [1.807, 2.05) is 4.57 Å². The van der Waals surface area contributed by atoms with Crippen molar-refractivity contribution in [3.63, 3.8) is 0 Å². The molecule has 0 radical (unpaired) electrons. The predicted octanol–water partition coefficient (Wildman–Crippen LogP) is 2.94. The Kier molecular flexibility index (Phi) is 5.94. The fraction of sp³-hybridized carbons (Fsp3) is 0.792. The van der Waals surface area contributed by atoms with Crippen LogP contribution in [-0.2, 0) is 17.8 Å². The average Bonchev–Trinajstić information content (AvgIpc) is 3.09. The third-order valence-corrected chi connectivity index (χ3v) is 8.00. The zero-order chi connectivity index (χ0) is 20.5. The molecule has 2 saturated heterocycles. The zero-order valence-corrected chi connectivity index (χ0v) is 18.2. The summed E-state index contributed by atoms with van der Waals surface area (Å²) in [6.07, 6.45) is 12.9. The van der Waals surface area contributed by atoms with Gasteiger partial charge < -0.3 is 4.90 Å². The van der Waals surface area contributed by atoms with Gasteiger partial charge in [0.05, 0.1) is 12.2 Å². The maximum Gasteiger partial charge on any atom is 0.253 e. The first-order valence-corrected chi connectivity index (χ1v) is 12.3. The van der Waals surface area contributed by atoms with Crippen LogP contribution in [0.25, 0.3) is 0 Å². The largest absolute Gasteiger partial charge is 0.338 e. The van der Waals surface area contributed by atoms with Gasteiger partial charge >= 0.3 is 0 Å². The number of hydrogen-bond acceptors (Lipinski definition) is 4. The van der Waals surface area contributed by atoms with E-state index >= 15 is 0 Å². The van der Waals surface area contributed by atoms with E-state index in [0.717, 1.165) is 69.3 Å². The molecule has 0 aromatic carbocycles. The highest BCUT2D eigenvalue weighted by Gasteiger charge is 2.37. The summed E-state index contributed by atoms with van der Waals surface area (Å²) in [5.74, 6) is 2.31. The summed E-state index contributed by atoms with van der Waals surface area (Å²) >= 11 is 0. The standard InChI is InChI=1S/C24H36N4O2/c29-23-15-20(25-22-10-2-1-5-12-28(22)23)19-11-14-26(16-19)17-24(30)27-13-6-8-18-7-3-4-9-21(18)27/h15,18-19,21H,1-14,16-17H2. The van der Waals surface area contributed by atoms with Gasteiger partial charge in [-0.1, -0.05) is 19.3 Å². The number of amides is 1. The Hall–Kier alpha value is -1.69. The van der Waals surface area contributed by atoms with E-state index in [1.165, 1.54) is 44.9 Å². The van der Waals surface area contributed by atoms with Gasteiger partial charge in [-0.2, -0.15) is 0 Å². The van der Waals surface area contributed by atoms with Crippen LogP contribution in [-0.4, -0.2) is 57.5 Å². The van der Waals surface area contributed by atoms with Crippen LogP contribution in [0.5, 0.6) is 0 Å². The van der Waals surface area contributed by atoms with E-state index in [1.54, 1.807) is 6.07 Å². The molecule has 1 saturated carbocycles. The molecule has 6 nitrogen and oxygen atoms in total. The molecule has 6 heteroatoms. The molecule has 1 aromatic rings. The van der Waals surface area contributed by atoms with Crippen LogP contribution in [0.2, 0.25) is 0 Å². The Labute approximate surface area is 179 Å². The van der Waals surface area contributed by atoms with E-state index in [9.17, 15) is 9.59 Å². The average molecular weight is 413 g/mol. The molecule has 0 N–H and O–H groups in total. The third-order valence-electron chi connectivity index (χ3n) is 8.00. The smallest absolute Gasteiger partial charge is 0.253 e. The second-order valence-corrected chi connectivity index (χ2v) is 9.96. The van der Waals surface area contributed by atoms with Gasteiger partial charge in [-0.25, -0.2) is 4.98 Å². The van der Waals surface area contributed by atoms with Crippen LogP contribution in [0.3, 0.4) is 0 Å². The molecular weight excluding hydrogens is 376 g/mol. The van der Waals surface area contributed by atoms with Crippen molar-refractivity contribution in [1.82, 2.24) is 19.4 Å². The molecule has 0 spiro atoms. The number of carbonyl (C=O) groups excluding carboxylic acids is 1. The van der Waals surface area contributed by atoms with Gasteiger partial charge in [0.15, 0.2) is 0 Å². The highest BCUT2D eigenvalue weighted by atomic mass is 16.2. The maximum atomic E-state index is 13.2. The summed E-state index contributed by atoms with van der Waals surface area (Å²) in [5, 5.41) is 0. The molecule has 30 heavy (non-hydrogen) atoms. The van der Waals surface area contributed by atoms with Crippen LogP contribution in [0, 0.1) is 5.92 Å². The first kappa shape index (κ1) is 20.2. The van der Waals surface area contributed by atoms with Gasteiger partial charge in [-0.3, -0.25) is 19.1 Å². The number of likely N-dealkylation sites (tertiary alicyclic amines) is 2. The summed E-state index contributed by atoms with van der Waals surface area (Å²) in [5.41, 5.74) is 1.07. The van der Waals surface area contributed by atoms with Crippen molar-refractivity contribution in [2.24, 2.45) is 5.92 Å². The summed E-state index contributed by atoms with van der Waals surface area (Å²) in [6.45, 7) is 4.07. The minimum absolute atomic E-state index is 0.114. The second kappa shape index (κ2) is 8.81. The van der Waals surface area contributed by atoms with Gasteiger partial charge in [-0.15, -0.1) is 0 Å². The predicted molar refractivity (Wildman–Crippen MR) is 117 cm³/mol. The number of aromatic nitrogens is 2. The van der Waals surface area contributed by atoms with E-state index in [-0.39, 0.29) is 11.5 Å². The molecule has 4 heterocycles. The summed E-state index contributed by atoms with van der Waals surface area (Å²) in [7, 11) is 0. The van der Waals surface area contributed by atoms with Crippen LogP contribution < -0.4 is 5.56 Å². The lowest BCUT2D eigenvalue weighted by molar-refractivity contribution is -0.138. The van der Waals surface area contributed by atoms with Crippen LogP contribution >= 0.6 is 0 Å². The molecule has 4 aliphatic rings. The topological polar surface area (TPSA) is 58.4 Å². The number of rotatable bonds is 3. The lowest BCUT2D eigenvalue weighted by Crippen LogP contribution is -2.52. The highest BCUT2D eigenvalue weighted by molar-refractivity contribution is 5.78. The Morgan fingerprint density at radius 2 is 1.83 bits per heavy atom. The van der Waals surface area contributed by atoms with E-state index < -0.39 is 0 Å². The SMILES string of the molecule is O=C(CN1CCC(c2cc(=O)n3c(n2)CCCCC3)C1)N1CCCC2CCCCC21. The van der Waals surface area contributed by atoms with Crippen molar-refractivity contribution in [3.05, 3.63) is 27.9 Å². The van der Waals surface area contributed by atoms with E-state index in [0.29, 0.717) is 18.5 Å². The fourth-order valence-corrected chi connectivity index (χ4v) is 6.38. The van der Waals surface area contributed by atoms with Crippen LogP contribution in [0.1, 0.15) is 81.6 Å². The number of piperidine rings is 1. The van der Waals surface area contributed by atoms with Crippen molar-refractivity contribution in [2.75, 3.05) is 26.2 Å². The summed E-state index contributed by atoms with van der Waals surface area (Å²) in [6, 6.07) is 2.26. The van der Waals surface area contributed by atoms with Gasteiger partial charge in [0.25, 0.3) is 5.56 Å². The Morgan fingerprint density at radius 3 is 2.77 bits per heavy atom. The fourth-order valence-electron chi connectivity index (χ4n) is 6.38. The van der Waals surface area contributed by atoms with Crippen LogP contribution in [0.15, 0.2) is 10.9 Å². The molecule has 3 aliphatic heterocycles. The monoisotopic (exact) mass is 412 g/mol. The molecule has 164 valence electrons. The molecule has 1 amide bonds.